The fraction of sp³-hybridized carbons (Fsp3) is 0.200. The molecule has 0 aliphatic carbocycles. The predicted octanol–water partition coefficient (Wildman–Crippen LogP) is 1.12. The second kappa shape index (κ2) is 5.81. The van der Waals surface area contributed by atoms with Crippen molar-refractivity contribution in [2.24, 2.45) is 0 Å². The van der Waals surface area contributed by atoms with Crippen molar-refractivity contribution in [1.29, 1.82) is 0 Å². The van der Waals surface area contributed by atoms with Crippen LogP contribution in [0.15, 0.2) is 36.4 Å². The van der Waals surface area contributed by atoms with Crippen LogP contribution in [0.1, 0.15) is 5.56 Å². The predicted molar refractivity (Wildman–Crippen MR) is 79.2 cm³/mol. The standard InChI is InChI=1S/C15H18N2O3/c16-14-6-9(4-12(20)8-18)5-13(15(14)17)10-2-1-3-11(19)7-10/h1-3,5-7,12,18-20H,4,8,16-17H2. The summed E-state index contributed by atoms with van der Waals surface area (Å²) in [6.45, 7) is -0.314. The molecule has 7 N–H and O–H groups in total. The maximum atomic E-state index is 9.54. The van der Waals surface area contributed by atoms with Gasteiger partial charge in [-0.05, 0) is 35.4 Å². The largest absolute Gasteiger partial charge is 0.508 e. The molecule has 0 aliphatic heterocycles. The van der Waals surface area contributed by atoms with Gasteiger partial charge in [-0.1, -0.05) is 12.1 Å². The van der Waals surface area contributed by atoms with Crippen LogP contribution in [0.4, 0.5) is 11.4 Å². The van der Waals surface area contributed by atoms with E-state index in [0.29, 0.717) is 16.9 Å². The van der Waals surface area contributed by atoms with Gasteiger partial charge in [-0.15, -0.1) is 0 Å². The normalized spacial score (nSPS) is 12.3. The fourth-order valence-electron chi connectivity index (χ4n) is 2.10. The van der Waals surface area contributed by atoms with Gasteiger partial charge in [-0.2, -0.15) is 0 Å². The first-order chi connectivity index (χ1) is 9.51. The molecule has 0 saturated heterocycles. The van der Waals surface area contributed by atoms with Crippen molar-refractivity contribution >= 4 is 11.4 Å². The smallest absolute Gasteiger partial charge is 0.116 e. The molecule has 0 aliphatic rings. The summed E-state index contributed by atoms with van der Waals surface area (Å²) in [4.78, 5) is 0. The minimum Gasteiger partial charge on any atom is -0.508 e. The van der Waals surface area contributed by atoms with Crippen LogP contribution in [0.5, 0.6) is 5.75 Å². The minimum atomic E-state index is -0.838. The number of phenols is 1. The maximum absolute atomic E-state index is 9.54. The Hall–Kier alpha value is -2.24. The maximum Gasteiger partial charge on any atom is 0.116 e. The molecule has 0 amide bonds. The third kappa shape index (κ3) is 3.01. The SMILES string of the molecule is Nc1cc(CC(O)CO)cc(-c2cccc(O)c2)c1N. The van der Waals surface area contributed by atoms with Gasteiger partial charge in [0.05, 0.1) is 24.1 Å². The van der Waals surface area contributed by atoms with E-state index in [2.05, 4.69) is 0 Å². The highest BCUT2D eigenvalue weighted by Crippen LogP contribution is 2.33. The van der Waals surface area contributed by atoms with E-state index in [1.54, 1.807) is 30.3 Å². The van der Waals surface area contributed by atoms with Gasteiger partial charge in [0.25, 0.3) is 0 Å². The summed E-state index contributed by atoms with van der Waals surface area (Å²) in [6, 6.07) is 10.2. The summed E-state index contributed by atoms with van der Waals surface area (Å²) in [5.74, 6) is 0.140. The van der Waals surface area contributed by atoms with E-state index in [9.17, 15) is 10.2 Å². The summed E-state index contributed by atoms with van der Waals surface area (Å²) < 4.78 is 0. The van der Waals surface area contributed by atoms with Gasteiger partial charge >= 0.3 is 0 Å². The average Bonchev–Trinajstić information content (AvgIpc) is 2.42. The molecule has 0 bridgehead atoms. The van der Waals surface area contributed by atoms with Crippen LogP contribution in [-0.4, -0.2) is 28.0 Å². The Kier molecular flexibility index (Phi) is 4.12. The topological polar surface area (TPSA) is 113 Å². The molecule has 5 heteroatoms. The lowest BCUT2D eigenvalue weighted by molar-refractivity contribution is 0.0955. The van der Waals surface area contributed by atoms with Crippen molar-refractivity contribution < 1.29 is 15.3 Å². The van der Waals surface area contributed by atoms with Gasteiger partial charge in [0.2, 0.25) is 0 Å². The lowest BCUT2D eigenvalue weighted by Crippen LogP contribution is -2.15. The number of aliphatic hydroxyl groups excluding tert-OH is 2. The second-order valence-corrected chi connectivity index (χ2v) is 4.74. The van der Waals surface area contributed by atoms with Gasteiger partial charge in [0, 0.05) is 12.0 Å². The lowest BCUT2D eigenvalue weighted by atomic mass is 9.97. The zero-order valence-electron chi connectivity index (χ0n) is 11.0. The van der Waals surface area contributed by atoms with Gasteiger partial charge in [-0.3, -0.25) is 0 Å². The van der Waals surface area contributed by atoms with E-state index in [-0.39, 0.29) is 18.8 Å². The number of rotatable bonds is 4. The Labute approximate surface area is 117 Å². The highest BCUT2D eigenvalue weighted by atomic mass is 16.3. The minimum absolute atomic E-state index is 0.140. The van der Waals surface area contributed by atoms with Crippen LogP contribution < -0.4 is 11.5 Å². The molecular weight excluding hydrogens is 256 g/mol. The van der Waals surface area contributed by atoms with Gasteiger partial charge in [0.15, 0.2) is 0 Å². The van der Waals surface area contributed by atoms with Gasteiger partial charge in [0.1, 0.15) is 5.75 Å². The highest BCUT2D eigenvalue weighted by Gasteiger charge is 2.11. The molecule has 0 fully saturated rings. The van der Waals surface area contributed by atoms with Crippen molar-refractivity contribution in [3.8, 4) is 16.9 Å². The Morgan fingerprint density at radius 2 is 1.85 bits per heavy atom. The molecular formula is C15H18N2O3. The van der Waals surface area contributed by atoms with E-state index < -0.39 is 6.10 Å². The number of aliphatic hydroxyl groups is 2. The number of aromatic hydroxyl groups is 1. The number of hydrogen-bond donors (Lipinski definition) is 5. The van der Waals surface area contributed by atoms with E-state index in [4.69, 9.17) is 16.6 Å². The van der Waals surface area contributed by atoms with Crippen LogP contribution >= 0.6 is 0 Å². The van der Waals surface area contributed by atoms with E-state index in [1.807, 2.05) is 6.07 Å². The zero-order valence-corrected chi connectivity index (χ0v) is 11.0. The molecule has 5 nitrogen and oxygen atoms in total. The molecule has 2 aromatic carbocycles. The molecule has 106 valence electrons. The van der Waals surface area contributed by atoms with Gasteiger partial charge < -0.3 is 26.8 Å². The molecule has 2 aromatic rings. The Balaban J connectivity index is 2.47. The molecule has 20 heavy (non-hydrogen) atoms. The highest BCUT2D eigenvalue weighted by molar-refractivity contribution is 5.85. The fourth-order valence-corrected chi connectivity index (χ4v) is 2.10. The van der Waals surface area contributed by atoms with Crippen LogP contribution in [0, 0.1) is 0 Å². The molecule has 1 atom stereocenters. The van der Waals surface area contributed by atoms with Crippen molar-refractivity contribution in [2.45, 2.75) is 12.5 Å². The van der Waals surface area contributed by atoms with Gasteiger partial charge in [-0.25, -0.2) is 0 Å². The third-order valence-corrected chi connectivity index (χ3v) is 3.11. The monoisotopic (exact) mass is 274 g/mol. The number of hydrogen-bond acceptors (Lipinski definition) is 5. The quantitative estimate of drug-likeness (QED) is 0.536. The number of nitrogens with two attached hydrogens (primary N) is 2. The summed E-state index contributed by atoms with van der Waals surface area (Å²) in [7, 11) is 0. The Morgan fingerprint density at radius 3 is 2.50 bits per heavy atom. The van der Waals surface area contributed by atoms with Crippen molar-refractivity contribution in [1.82, 2.24) is 0 Å². The van der Waals surface area contributed by atoms with Crippen LogP contribution in [-0.2, 0) is 6.42 Å². The number of benzene rings is 2. The molecule has 0 heterocycles. The summed E-state index contributed by atoms with van der Waals surface area (Å²) in [6.07, 6.45) is -0.553. The molecule has 1 unspecified atom stereocenters. The molecule has 0 spiro atoms. The Morgan fingerprint density at radius 1 is 1.10 bits per heavy atom. The first kappa shape index (κ1) is 14.2. The third-order valence-electron chi connectivity index (χ3n) is 3.11. The lowest BCUT2D eigenvalue weighted by Gasteiger charge is -2.14. The van der Waals surface area contributed by atoms with Crippen LogP contribution in [0.2, 0.25) is 0 Å². The molecule has 0 aromatic heterocycles. The molecule has 2 rings (SSSR count). The molecule has 0 saturated carbocycles. The van der Waals surface area contributed by atoms with Crippen LogP contribution in [0.3, 0.4) is 0 Å². The number of phenolic OH excluding ortho intramolecular Hbond substituents is 1. The first-order valence-electron chi connectivity index (χ1n) is 6.27. The summed E-state index contributed by atoms with van der Waals surface area (Å²) in [5.41, 5.74) is 14.9. The van der Waals surface area contributed by atoms with E-state index in [0.717, 1.165) is 11.1 Å². The number of nitrogen functional groups attached to an aromatic ring is 2. The Bertz CT molecular complexity index is 614. The zero-order chi connectivity index (χ0) is 14.7. The second-order valence-electron chi connectivity index (χ2n) is 4.74. The van der Waals surface area contributed by atoms with E-state index >= 15 is 0 Å². The average molecular weight is 274 g/mol. The van der Waals surface area contributed by atoms with Crippen LogP contribution in [0.25, 0.3) is 11.1 Å². The van der Waals surface area contributed by atoms with Crippen molar-refractivity contribution in [3.63, 3.8) is 0 Å². The van der Waals surface area contributed by atoms with E-state index in [1.165, 1.54) is 0 Å². The van der Waals surface area contributed by atoms with Crippen molar-refractivity contribution in [3.05, 3.63) is 42.0 Å². The summed E-state index contributed by atoms with van der Waals surface area (Å²) >= 11 is 0. The van der Waals surface area contributed by atoms with Crippen molar-refractivity contribution in [2.75, 3.05) is 18.1 Å². The first-order valence-corrected chi connectivity index (χ1v) is 6.27. The summed E-state index contributed by atoms with van der Waals surface area (Å²) in [5, 5.41) is 28.0. The number of anilines is 2. The molecule has 0 radical (unpaired) electrons.